The zero-order valence-electron chi connectivity index (χ0n) is 19.1. The van der Waals surface area contributed by atoms with Gasteiger partial charge >= 0.3 is 6.03 Å². The number of hydrogen-bond acceptors (Lipinski definition) is 4. The summed E-state index contributed by atoms with van der Waals surface area (Å²) in [7, 11) is 0. The molecule has 0 unspecified atom stereocenters. The van der Waals surface area contributed by atoms with Crippen LogP contribution in [-0.4, -0.2) is 41.5 Å². The summed E-state index contributed by atoms with van der Waals surface area (Å²) in [6.07, 6.45) is 4.11. The molecule has 7 heteroatoms. The fraction of sp³-hybridized carbons (Fsp3) is 0.296. The Bertz CT molecular complexity index is 1180. The van der Waals surface area contributed by atoms with E-state index in [1.807, 2.05) is 42.5 Å². The number of urea groups is 1. The van der Waals surface area contributed by atoms with E-state index in [1.165, 1.54) is 5.01 Å². The first kappa shape index (κ1) is 23.1. The number of amides is 3. The molecule has 0 saturated carbocycles. The van der Waals surface area contributed by atoms with Gasteiger partial charge in [0.2, 0.25) is 0 Å². The molecule has 1 fully saturated rings. The van der Waals surface area contributed by atoms with Crippen LogP contribution in [-0.2, 0) is 11.3 Å². The van der Waals surface area contributed by atoms with Crippen LogP contribution in [0.5, 0.6) is 5.75 Å². The van der Waals surface area contributed by atoms with Crippen molar-refractivity contribution in [2.24, 2.45) is 0 Å². The first-order valence-electron chi connectivity index (χ1n) is 11.6. The van der Waals surface area contributed by atoms with Gasteiger partial charge in [-0.05, 0) is 53.4 Å². The van der Waals surface area contributed by atoms with Gasteiger partial charge in [-0.15, -0.1) is 0 Å². The second kappa shape index (κ2) is 11.2. The van der Waals surface area contributed by atoms with Gasteiger partial charge in [0.15, 0.2) is 6.61 Å². The predicted octanol–water partition coefficient (Wildman–Crippen LogP) is 4.62. The molecule has 0 radical (unpaired) electrons. The number of hydrazine groups is 1. The lowest BCUT2D eigenvalue weighted by atomic mass is 10.1. The lowest BCUT2D eigenvalue weighted by Crippen LogP contribution is -2.52. The molecule has 1 heterocycles. The Labute approximate surface area is 199 Å². The summed E-state index contributed by atoms with van der Waals surface area (Å²) >= 11 is 0. The van der Waals surface area contributed by atoms with Gasteiger partial charge in [-0.3, -0.25) is 10.2 Å². The van der Waals surface area contributed by atoms with Gasteiger partial charge in [-0.2, -0.15) is 5.26 Å². The molecule has 0 spiro atoms. The topological polar surface area (TPSA) is 85.7 Å². The van der Waals surface area contributed by atoms with Crippen LogP contribution < -0.4 is 10.2 Å². The van der Waals surface area contributed by atoms with Crippen LogP contribution in [0.2, 0.25) is 0 Å². The minimum absolute atomic E-state index is 0.197. The monoisotopic (exact) mass is 456 g/mol. The number of likely N-dealkylation sites (tertiary alicyclic amines) is 1. The smallest absolute Gasteiger partial charge is 0.339 e. The Morgan fingerprint density at radius 1 is 0.941 bits per heavy atom. The third-order valence-corrected chi connectivity index (χ3v) is 5.88. The zero-order chi connectivity index (χ0) is 23.8. The summed E-state index contributed by atoms with van der Waals surface area (Å²) in [5, 5.41) is 12.5. The van der Waals surface area contributed by atoms with Gasteiger partial charge in [-0.25, -0.2) is 9.80 Å². The third-order valence-electron chi connectivity index (χ3n) is 5.88. The summed E-state index contributed by atoms with van der Waals surface area (Å²) in [5.41, 5.74) is 4.09. The van der Waals surface area contributed by atoms with Crippen molar-refractivity contribution in [3.8, 4) is 11.8 Å². The molecule has 3 amide bonds. The van der Waals surface area contributed by atoms with Gasteiger partial charge in [0, 0.05) is 13.1 Å². The lowest BCUT2D eigenvalue weighted by molar-refractivity contribution is -0.127. The minimum Gasteiger partial charge on any atom is -0.484 e. The molecule has 0 atom stereocenters. The molecule has 0 aliphatic carbocycles. The second-order valence-corrected chi connectivity index (χ2v) is 8.41. The molecule has 1 N–H and O–H groups in total. The Morgan fingerprint density at radius 3 is 2.35 bits per heavy atom. The first-order chi connectivity index (χ1) is 16.6. The summed E-state index contributed by atoms with van der Waals surface area (Å²) in [6.45, 7) is 1.33. The summed E-state index contributed by atoms with van der Waals surface area (Å²) in [4.78, 5) is 27.8. The van der Waals surface area contributed by atoms with E-state index in [4.69, 9.17) is 10.00 Å². The highest BCUT2D eigenvalue weighted by molar-refractivity contribution is 5.84. The molecule has 3 aromatic carbocycles. The van der Waals surface area contributed by atoms with Gasteiger partial charge in [0.05, 0.1) is 18.2 Å². The largest absolute Gasteiger partial charge is 0.484 e. The normalized spacial score (nSPS) is 13.6. The summed E-state index contributed by atoms with van der Waals surface area (Å²) in [5.74, 6) is 0.177. The van der Waals surface area contributed by atoms with E-state index in [1.54, 1.807) is 29.2 Å². The van der Waals surface area contributed by atoms with Gasteiger partial charge < -0.3 is 9.64 Å². The number of ether oxygens (including phenoxy) is 1. The highest BCUT2D eigenvalue weighted by Gasteiger charge is 2.24. The van der Waals surface area contributed by atoms with Crippen LogP contribution in [0.15, 0.2) is 66.7 Å². The van der Waals surface area contributed by atoms with E-state index < -0.39 is 5.91 Å². The van der Waals surface area contributed by atoms with Crippen LogP contribution in [0.25, 0.3) is 10.8 Å². The predicted molar refractivity (Wildman–Crippen MR) is 130 cm³/mol. The zero-order valence-corrected chi connectivity index (χ0v) is 19.1. The van der Waals surface area contributed by atoms with Crippen LogP contribution in [0, 0.1) is 11.3 Å². The van der Waals surface area contributed by atoms with Crippen LogP contribution in [0.1, 0.15) is 36.8 Å². The fourth-order valence-electron chi connectivity index (χ4n) is 4.04. The van der Waals surface area contributed by atoms with Crippen LogP contribution in [0.3, 0.4) is 0 Å². The number of benzene rings is 3. The number of carbonyl (C=O) groups is 2. The van der Waals surface area contributed by atoms with E-state index in [2.05, 4.69) is 11.5 Å². The molecular formula is C27H28N4O3. The molecule has 0 aromatic heterocycles. The first-order valence-corrected chi connectivity index (χ1v) is 11.6. The van der Waals surface area contributed by atoms with Crippen molar-refractivity contribution in [2.45, 2.75) is 32.2 Å². The highest BCUT2D eigenvalue weighted by atomic mass is 16.5. The molecule has 7 nitrogen and oxygen atoms in total. The molecule has 4 rings (SSSR count). The Hall–Kier alpha value is -4.05. The maximum Gasteiger partial charge on any atom is 0.339 e. The number of hydrogen-bond donors (Lipinski definition) is 1. The third kappa shape index (κ3) is 6.04. The maximum absolute atomic E-state index is 13.3. The number of nitrogens with zero attached hydrogens (tertiary/aromatic N) is 3. The van der Waals surface area contributed by atoms with Gasteiger partial charge in [-0.1, -0.05) is 55.3 Å². The average molecular weight is 457 g/mol. The van der Waals surface area contributed by atoms with E-state index in [-0.39, 0.29) is 19.2 Å². The number of rotatable bonds is 5. The molecule has 1 aliphatic rings. The second-order valence-electron chi connectivity index (χ2n) is 8.41. The average Bonchev–Trinajstić information content (AvgIpc) is 3.17. The Kier molecular flexibility index (Phi) is 7.61. The van der Waals surface area contributed by atoms with E-state index in [9.17, 15) is 9.59 Å². The maximum atomic E-state index is 13.3. The number of nitriles is 1. The van der Waals surface area contributed by atoms with Crippen molar-refractivity contribution < 1.29 is 14.3 Å². The van der Waals surface area contributed by atoms with Gasteiger partial charge in [0.1, 0.15) is 5.75 Å². The highest BCUT2D eigenvalue weighted by Crippen LogP contribution is 2.20. The van der Waals surface area contributed by atoms with E-state index >= 15 is 0 Å². The quantitative estimate of drug-likeness (QED) is 0.568. The molecular weight excluding hydrogens is 428 g/mol. The van der Waals surface area contributed by atoms with Crippen molar-refractivity contribution in [2.75, 3.05) is 19.7 Å². The van der Waals surface area contributed by atoms with Crippen molar-refractivity contribution in [3.05, 3.63) is 77.9 Å². The number of carbonyl (C=O) groups excluding carboxylic acids is 2. The van der Waals surface area contributed by atoms with Gasteiger partial charge in [0.25, 0.3) is 5.91 Å². The standard InChI is InChI=1S/C27H28N4O3/c28-18-21-9-11-22(12-10-21)19-31(27(33)30-15-5-1-2-6-16-30)29-26(32)20-34-25-14-13-23-7-3-4-8-24(23)17-25/h3-4,7-14,17H,1-2,5-6,15-16,19-20H2,(H,29,32). The molecule has 34 heavy (non-hydrogen) atoms. The summed E-state index contributed by atoms with van der Waals surface area (Å²) < 4.78 is 5.70. The van der Waals surface area contributed by atoms with Crippen molar-refractivity contribution in [1.82, 2.24) is 15.3 Å². The molecule has 3 aromatic rings. The van der Waals surface area contributed by atoms with Crippen LogP contribution in [0.4, 0.5) is 4.79 Å². The van der Waals surface area contributed by atoms with Crippen molar-refractivity contribution in [1.29, 1.82) is 5.26 Å². The number of fused-ring (bicyclic) bond motifs is 1. The fourth-order valence-corrected chi connectivity index (χ4v) is 4.04. The molecule has 1 aliphatic heterocycles. The lowest BCUT2D eigenvalue weighted by Gasteiger charge is -2.30. The van der Waals surface area contributed by atoms with Crippen molar-refractivity contribution >= 4 is 22.7 Å². The van der Waals surface area contributed by atoms with E-state index in [0.717, 1.165) is 42.0 Å². The molecule has 1 saturated heterocycles. The number of nitrogens with one attached hydrogen (secondary N) is 1. The Balaban J connectivity index is 1.43. The van der Waals surface area contributed by atoms with Crippen LogP contribution >= 0.6 is 0 Å². The summed E-state index contributed by atoms with van der Waals surface area (Å²) in [6, 6.07) is 22.4. The minimum atomic E-state index is -0.412. The Morgan fingerprint density at radius 2 is 1.65 bits per heavy atom. The molecule has 174 valence electrons. The van der Waals surface area contributed by atoms with Crippen molar-refractivity contribution in [3.63, 3.8) is 0 Å². The molecule has 0 bridgehead atoms. The SMILES string of the molecule is N#Cc1ccc(CN(NC(=O)COc2ccc3ccccc3c2)C(=O)N2CCCCCC2)cc1. The van der Waals surface area contributed by atoms with E-state index in [0.29, 0.717) is 24.4 Å².